The zero-order valence-corrected chi connectivity index (χ0v) is 10.1. The second-order valence-electron chi connectivity index (χ2n) is 4.94. The van der Waals surface area contributed by atoms with Crippen LogP contribution in [0.3, 0.4) is 0 Å². The van der Waals surface area contributed by atoms with Gasteiger partial charge in [0.15, 0.2) is 0 Å². The lowest BCUT2D eigenvalue weighted by Crippen LogP contribution is -2.51. The van der Waals surface area contributed by atoms with E-state index in [1.165, 1.54) is 0 Å². The highest BCUT2D eigenvalue weighted by Crippen LogP contribution is 2.51. The number of aliphatic carboxylic acids is 4. The summed E-state index contributed by atoms with van der Waals surface area (Å²) in [5.41, 5.74) is -0.536. The minimum absolute atomic E-state index is 0.0766. The summed E-state index contributed by atoms with van der Waals surface area (Å²) in [7, 11) is 0. The van der Waals surface area contributed by atoms with Crippen LogP contribution in [-0.4, -0.2) is 44.3 Å². The Kier molecular flexibility index (Phi) is 3.24. The van der Waals surface area contributed by atoms with E-state index >= 15 is 0 Å². The number of rotatable bonds is 4. The van der Waals surface area contributed by atoms with Crippen LogP contribution in [0.15, 0.2) is 11.1 Å². The molecule has 3 aliphatic rings. The van der Waals surface area contributed by atoms with Gasteiger partial charge in [-0.05, 0) is 24.3 Å². The first-order valence-corrected chi connectivity index (χ1v) is 5.92. The topological polar surface area (TPSA) is 149 Å². The summed E-state index contributed by atoms with van der Waals surface area (Å²) in [4.78, 5) is 45.1. The van der Waals surface area contributed by atoms with E-state index in [4.69, 9.17) is 15.3 Å². The van der Waals surface area contributed by atoms with Crippen molar-refractivity contribution in [1.29, 1.82) is 0 Å². The first-order valence-electron chi connectivity index (χ1n) is 5.92. The summed E-state index contributed by atoms with van der Waals surface area (Å²) in [6.45, 7) is 0. The van der Waals surface area contributed by atoms with E-state index in [9.17, 15) is 24.3 Å². The average Bonchev–Trinajstić information content (AvgIpc) is 2.36. The molecule has 1 fully saturated rings. The van der Waals surface area contributed by atoms with Gasteiger partial charge >= 0.3 is 23.9 Å². The lowest BCUT2D eigenvalue weighted by molar-refractivity contribution is -0.162. The molecule has 8 heteroatoms. The highest BCUT2D eigenvalue weighted by molar-refractivity contribution is 5.98. The van der Waals surface area contributed by atoms with E-state index in [0.717, 1.165) is 0 Å². The zero-order valence-electron chi connectivity index (χ0n) is 10.1. The van der Waals surface area contributed by atoms with Crippen LogP contribution in [0.5, 0.6) is 0 Å². The third-order valence-corrected chi connectivity index (χ3v) is 4.08. The van der Waals surface area contributed by atoms with Gasteiger partial charge in [-0.15, -0.1) is 0 Å². The molecule has 0 aromatic rings. The molecule has 0 aromatic carbocycles. The third kappa shape index (κ3) is 1.84. The molecule has 2 bridgehead atoms. The maximum atomic E-state index is 11.3. The van der Waals surface area contributed by atoms with Gasteiger partial charge in [0.1, 0.15) is 0 Å². The van der Waals surface area contributed by atoms with E-state index in [-0.39, 0.29) is 18.4 Å². The fourth-order valence-corrected chi connectivity index (χ4v) is 3.42. The molecule has 1 saturated carbocycles. The van der Waals surface area contributed by atoms with Crippen molar-refractivity contribution in [2.24, 2.45) is 23.7 Å². The fourth-order valence-electron chi connectivity index (χ4n) is 3.42. The lowest BCUT2D eigenvalue weighted by Gasteiger charge is -2.44. The minimum Gasteiger partial charge on any atom is -0.481 e. The monoisotopic (exact) mass is 284 g/mol. The molecule has 3 aliphatic carbocycles. The summed E-state index contributed by atoms with van der Waals surface area (Å²) in [5.74, 6) is -11.1. The van der Waals surface area contributed by atoms with Crippen molar-refractivity contribution in [1.82, 2.24) is 0 Å². The molecular weight excluding hydrogens is 272 g/mol. The van der Waals surface area contributed by atoms with Crippen LogP contribution in [0.4, 0.5) is 0 Å². The standard InChI is InChI=1S/C12H12O8/c13-9(14)5-3-1-2-4(7(5)11(17)18)8(12(19)20)6(3)10(15)16/h3,5-7H,1-2H2,(H,13,14)(H,15,16)(H,17,18)(H,19,20). The first kappa shape index (κ1) is 14.0. The molecule has 0 spiro atoms. The summed E-state index contributed by atoms with van der Waals surface area (Å²) in [6, 6.07) is 0. The van der Waals surface area contributed by atoms with Gasteiger partial charge in [0.25, 0.3) is 0 Å². The molecule has 4 N–H and O–H groups in total. The van der Waals surface area contributed by atoms with Crippen molar-refractivity contribution in [2.75, 3.05) is 0 Å². The molecule has 0 aromatic heterocycles. The van der Waals surface area contributed by atoms with Crippen molar-refractivity contribution >= 4 is 23.9 Å². The van der Waals surface area contributed by atoms with Crippen molar-refractivity contribution < 1.29 is 39.6 Å². The van der Waals surface area contributed by atoms with Gasteiger partial charge in [0.2, 0.25) is 0 Å². The number of hydrogen-bond donors (Lipinski definition) is 4. The molecule has 3 rings (SSSR count). The normalized spacial score (nSPS) is 32.0. The molecule has 4 atom stereocenters. The Labute approximate surface area is 112 Å². The predicted molar refractivity (Wildman–Crippen MR) is 60.8 cm³/mol. The van der Waals surface area contributed by atoms with Gasteiger partial charge in [-0.3, -0.25) is 14.4 Å². The molecule has 8 nitrogen and oxygen atoms in total. The van der Waals surface area contributed by atoms with Crippen LogP contribution in [0, 0.1) is 23.7 Å². The number of carboxylic acids is 4. The van der Waals surface area contributed by atoms with Crippen LogP contribution in [0.25, 0.3) is 0 Å². The van der Waals surface area contributed by atoms with Crippen molar-refractivity contribution in [2.45, 2.75) is 12.8 Å². The van der Waals surface area contributed by atoms with Gasteiger partial charge in [-0.1, -0.05) is 0 Å². The molecule has 4 unspecified atom stereocenters. The van der Waals surface area contributed by atoms with Crippen LogP contribution in [-0.2, 0) is 19.2 Å². The maximum absolute atomic E-state index is 11.3. The van der Waals surface area contributed by atoms with Crippen LogP contribution >= 0.6 is 0 Å². The molecular formula is C12H12O8. The Bertz CT molecular complexity index is 546. The number of carboxylic acid groups (broad SMARTS) is 4. The highest BCUT2D eigenvalue weighted by atomic mass is 16.4. The second-order valence-corrected chi connectivity index (χ2v) is 4.94. The van der Waals surface area contributed by atoms with E-state index < -0.39 is 53.1 Å². The van der Waals surface area contributed by atoms with Gasteiger partial charge in [0, 0.05) is 0 Å². The van der Waals surface area contributed by atoms with Gasteiger partial charge in [-0.2, -0.15) is 0 Å². The fraction of sp³-hybridized carbons (Fsp3) is 0.500. The smallest absolute Gasteiger partial charge is 0.332 e. The molecule has 0 saturated heterocycles. The molecule has 0 amide bonds. The van der Waals surface area contributed by atoms with Crippen molar-refractivity contribution in [3.8, 4) is 0 Å². The molecule has 0 radical (unpaired) electrons. The average molecular weight is 284 g/mol. The maximum Gasteiger partial charge on any atom is 0.332 e. The van der Waals surface area contributed by atoms with E-state index in [0.29, 0.717) is 0 Å². The number of fused-ring (bicyclic) bond motifs is 3. The van der Waals surface area contributed by atoms with E-state index in [2.05, 4.69) is 0 Å². The largest absolute Gasteiger partial charge is 0.481 e. The van der Waals surface area contributed by atoms with Crippen molar-refractivity contribution in [3.63, 3.8) is 0 Å². The quantitative estimate of drug-likeness (QED) is 0.558. The van der Waals surface area contributed by atoms with Crippen molar-refractivity contribution in [3.05, 3.63) is 11.1 Å². The Morgan fingerprint density at radius 3 is 1.80 bits per heavy atom. The summed E-state index contributed by atoms with van der Waals surface area (Å²) in [5, 5.41) is 36.7. The van der Waals surface area contributed by atoms with Gasteiger partial charge in [-0.25, -0.2) is 4.79 Å². The first-order chi connectivity index (χ1) is 9.27. The molecule has 20 heavy (non-hydrogen) atoms. The summed E-state index contributed by atoms with van der Waals surface area (Å²) in [6.07, 6.45) is 0.278. The third-order valence-electron chi connectivity index (χ3n) is 4.08. The predicted octanol–water partition coefficient (Wildman–Crippen LogP) is -0.106. The molecule has 108 valence electrons. The summed E-state index contributed by atoms with van der Waals surface area (Å²) < 4.78 is 0. The SMILES string of the molecule is O=C(O)C1=C2CCC(C1C(=O)O)C(C(=O)O)C2C(=O)O. The van der Waals surface area contributed by atoms with Gasteiger partial charge < -0.3 is 20.4 Å². The van der Waals surface area contributed by atoms with Crippen LogP contribution < -0.4 is 0 Å². The van der Waals surface area contributed by atoms with Crippen LogP contribution in [0.1, 0.15) is 12.8 Å². The highest BCUT2D eigenvalue weighted by Gasteiger charge is 2.57. The Balaban J connectivity index is 2.67. The number of hydrogen-bond acceptors (Lipinski definition) is 4. The number of carbonyl (C=O) groups is 4. The Hall–Kier alpha value is -2.38. The van der Waals surface area contributed by atoms with E-state index in [1.54, 1.807) is 0 Å². The zero-order chi connectivity index (χ0) is 15.2. The Morgan fingerprint density at radius 1 is 0.850 bits per heavy atom. The summed E-state index contributed by atoms with van der Waals surface area (Å²) >= 11 is 0. The minimum atomic E-state index is -1.49. The lowest BCUT2D eigenvalue weighted by atomic mass is 9.56. The van der Waals surface area contributed by atoms with Gasteiger partial charge in [0.05, 0.1) is 23.3 Å². The Morgan fingerprint density at radius 2 is 1.40 bits per heavy atom. The van der Waals surface area contributed by atoms with E-state index in [1.807, 2.05) is 0 Å². The molecule has 0 aliphatic heterocycles. The molecule has 0 heterocycles. The van der Waals surface area contributed by atoms with Crippen LogP contribution in [0.2, 0.25) is 0 Å². The second kappa shape index (κ2) is 4.62.